The van der Waals surface area contributed by atoms with Crippen molar-refractivity contribution in [3.8, 4) is 16.9 Å². The normalized spacial score (nSPS) is 22.1. The fraction of sp³-hybridized carbons (Fsp3) is 0.292. The molecule has 190 valence electrons. The maximum atomic E-state index is 12.8. The molecular weight excluding hydrogens is 481 g/mol. The number of nitrogens with one attached hydrogen (secondary N) is 1. The molecule has 1 aliphatic heterocycles. The first-order chi connectivity index (χ1) is 17.1. The van der Waals surface area contributed by atoms with Gasteiger partial charge in [-0.1, -0.05) is 24.3 Å². The molecule has 4 atom stereocenters. The number of benzene rings is 2. The summed E-state index contributed by atoms with van der Waals surface area (Å²) in [6, 6.07) is 13.0. The van der Waals surface area contributed by atoms with Crippen LogP contribution in [0.2, 0.25) is 0 Å². The number of nitrogens with zero attached hydrogens (tertiary/aromatic N) is 2. The summed E-state index contributed by atoms with van der Waals surface area (Å²) in [4.78, 5) is 18.1. The van der Waals surface area contributed by atoms with Gasteiger partial charge in [0.2, 0.25) is 5.91 Å². The van der Waals surface area contributed by atoms with Gasteiger partial charge in [-0.25, -0.2) is 4.98 Å². The number of ether oxygens (including phenoxy) is 2. The lowest BCUT2D eigenvalue weighted by molar-refractivity contribution is -0.150. The number of anilines is 1. The number of aromatic nitrogens is 2. The van der Waals surface area contributed by atoms with Crippen LogP contribution in [0.25, 0.3) is 11.1 Å². The summed E-state index contributed by atoms with van der Waals surface area (Å²) in [6.07, 6.45) is -6.58. The van der Waals surface area contributed by atoms with Gasteiger partial charge in [0, 0.05) is 5.56 Å². The number of aliphatic hydroxyl groups is 2. The highest BCUT2D eigenvalue weighted by molar-refractivity contribution is 5.93. The topological polar surface area (TPSA) is 140 Å². The van der Waals surface area contributed by atoms with Gasteiger partial charge in [0.15, 0.2) is 5.69 Å². The summed E-state index contributed by atoms with van der Waals surface area (Å²) in [5.74, 6) is -0.213. The van der Waals surface area contributed by atoms with E-state index < -0.39 is 42.1 Å². The summed E-state index contributed by atoms with van der Waals surface area (Å²) in [7, 11) is 0. The van der Waals surface area contributed by atoms with E-state index in [9.17, 15) is 28.2 Å². The van der Waals surface area contributed by atoms with E-state index in [4.69, 9.17) is 15.2 Å². The molecule has 1 aromatic heterocycles. The van der Waals surface area contributed by atoms with Crippen LogP contribution in [0.4, 0.5) is 19.0 Å². The van der Waals surface area contributed by atoms with Crippen molar-refractivity contribution in [2.75, 3.05) is 18.5 Å². The van der Waals surface area contributed by atoms with Crippen LogP contribution in [0.5, 0.6) is 5.75 Å². The summed E-state index contributed by atoms with van der Waals surface area (Å²) in [6.45, 7) is -0.175. The molecule has 0 spiro atoms. The molecule has 2 heterocycles. The Morgan fingerprint density at radius 2 is 1.69 bits per heavy atom. The average molecular weight is 504 g/mol. The van der Waals surface area contributed by atoms with Gasteiger partial charge < -0.3 is 30.7 Å². The Morgan fingerprint density at radius 3 is 2.31 bits per heavy atom. The summed E-state index contributed by atoms with van der Waals surface area (Å²) >= 11 is 0. The van der Waals surface area contributed by atoms with E-state index in [1.807, 2.05) is 12.1 Å². The standard InChI is InChI=1S/C24H23F3N4O5/c25-24(26,27)19-9-29-10-20(31-19)30-17-11-36-18(22(33)21(17)32)12-35-16-7-5-14(6-8-16)13-1-3-15(4-2-13)23(28)34/h1-10,17-18,21-22,32-33H,11-12H2,(H2,28,34)(H,30,31)/t17-,18+,21+,22-/m0/s1. The molecule has 3 aromatic rings. The van der Waals surface area contributed by atoms with E-state index in [1.54, 1.807) is 36.4 Å². The molecule has 9 nitrogen and oxygen atoms in total. The van der Waals surface area contributed by atoms with Crippen LogP contribution in [0.3, 0.4) is 0 Å². The second-order valence-corrected chi connectivity index (χ2v) is 8.17. The second kappa shape index (κ2) is 10.5. The minimum absolute atomic E-state index is 0.0685. The Hall–Kier alpha value is -3.74. The molecule has 4 rings (SSSR count). The van der Waals surface area contributed by atoms with Crippen molar-refractivity contribution in [1.82, 2.24) is 9.97 Å². The largest absolute Gasteiger partial charge is 0.491 e. The van der Waals surface area contributed by atoms with Crippen molar-refractivity contribution >= 4 is 11.7 Å². The zero-order valence-electron chi connectivity index (χ0n) is 18.7. The lowest BCUT2D eigenvalue weighted by atomic mass is 9.98. The minimum atomic E-state index is -4.66. The Labute approximate surface area is 203 Å². The first-order valence-corrected chi connectivity index (χ1v) is 10.9. The zero-order valence-corrected chi connectivity index (χ0v) is 18.7. The van der Waals surface area contributed by atoms with E-state index in [0.717, 1.165) is 17.3 Å². The van der Waals surface area contributed by atoms with Gasteiger partial charge >= 0.3 is 6.18 Å². The third-order valence-corrected chi connectivity index (χ3v) is 5.66. The average Bonchev–Trinajstić information content (AvgIpc) is 2.86. The van der Waals surface area contributed by atoms with Crippen LogP contribution in [-0.2, 0) is 10.9 Å². The maximum Gasteiger partial charge on any atom is 0.434 e. The number of carbonyl (C=O) groups excluding carboxylic acids is 1. The number of halogens is 3. The van der Waals surface area contributed by atoms with Crippen molar-refractivity contribution in [3.63, 3.8) is 0 Å². The smallest absolute Gasteiger partial charge is 0.434 e. The van der Waals surface area contributed by atoms with Crippen molar-refractivity contribution in [2.24, 2.45) is 5.73 Å². The van der Waals surface area contributed by atoms with Gasteiger partial charge in [0.1, 0.15) is 36.5 Å². The fourth-order valence-corrected chi connectivity index (χ4v) is 3.67. The van der Waals surface area contributed by atoms with Crippen molar-refractivity contribution in [2.45, 2.75) is 30.5 Å². The predicted octanol–water partition coefficient (Wildman–Crippen LogP) is 2.24. The number of carbonyl (C=O) groups is 1. The number of hydrogen-bond donors (Lipinski definition) is 4. The molecule has 0 radical (unpaired) electrons. The van der Waals surface area contributed by atoms with E-state index in [-0.39, 0.29) is 19.0 Å². The maximum absolute atomic E-state index is 12.8. The molecular formula is C24H23F3N4O5. The number of rotatable bonds is 7. The van der Waals surface area contributed by atoms with E-state index in [0.29, 0.717) is 17.5 Å². The first kappa shape index (κ1) is 25.4. The zero-order chi connectivity index (χ0) is 25.9. The van der Waals surface area contributed by atoms with Crippen LogP contribution >= 0.6 is 0 Å². The Kier molecular flexibility index (Phi) is 7.38. The van der Waals surface area contributed by atoms with E-state index in [1.165, 1.54) is 0 Å². The Bertz CT molecular complexity index is 1190. The third-order valence-electron chi connectivity index (χ3n) is 5.66. The van der Waals surface area contributed by atoms with Crippen LogP contribution in [0.1, 0.15) is 16.1 Å². The quantitative estimate of drug-likeness (QED) is 0.384. The number of amides is 1. The minimum Gasteiger partial charge on any atom is -0.491 e. The lowest BCUT2D eigenvalue weighted by Crippen LogP contribution is -2.57. The number of aliphatic hydroxyl groups excluding tert-OH is 2. The van der Waals surface area contributed by atoms with Crippen LogP contribution in [0.15, 0.2) is 60.9 Å². The molecule has 12 heteroatoms. The molecule has 1 fully saturated rings. The number of nitrogens with two attached hydrogens (primary N) is 1. The highest BCUT2D eigenvalue weighted by Crippen LogP contribution is 2.28. The fourth-order valence-electron chi connectivity index (χ4n) is 3.67. The molecule has 0 bridgehead atoms. The van der Waals surface area contributed by atoms with E-state index in [2.05, 4.69) is 15.3 Å². The van der Waals surface area contributed by atoms with Crippen LogP contribution in [-0.4, -0.2) is 63.7 Å². The predicted molar refractivity (Wildman–Crippen MR) is 122 cm³/mol. The van der Waals surface area contributed by atoms with Crippen LogP contribution in [0, 0.1) is 0 Å². The van der Waals surface area contributed by atoms with Gasteiger partial charge in [0.25, 0.3) is 0 Å². The highest BCUT2D eigenvalue weighted by atomic mass is 19.4. The first-order valence-electron chi connectivity index (χ1n) is 10.9. The SMILES string of the molecule is NC(=O)c1ccc(-c2ccc(OC[C@H]3OC[C@H](Nc4cncc(C(F)(F)F)n4)[C@@H](O)[C@H]3O)cc2)cc1. The van der Waals surface area contributed by atoms with Gasteiger partial charge in [-0.05, 0) is 35.4 Å². The van der Waals surface area contributed by atoms with Crippen molar-refractivity contribution in [3.05, 3.63) is 72.2 Å². The molecule has 0 unspecified atom stereocenters. The van der Waals surface area contributed by atoms with Gasteiger partial charge in [-0.2, -0.15) is 13.2 Å². The lowest BCUT2D eigenvalue weighted by Gasteiger charge is -2.37. The highest BCUT2D eigenvalue weighted by Gasteiger charge is 2.39. The van der Waals surface area contributed by atoms with Gasteiger partial charge in [-0.3, -0.25) is 9.78 Å². The summed E-state index contributed by atoms with van der Waals surface area (Å²) in [5.41, 5.74) is 6.24. The Morgan fingerprint density at radius 1 is 1.06 bits per heavy atom. The number of primary amides is 1. The van der Waals surface area contributed by atoms with Crippen molar-refractivity contribution < 1.29 is 37.7 Å². The molecule has 1 amide bonds. The molecule has 5 N–H and O–H groups in total. The molecule has 1 saturated heterocycles. The second-order valence-electron chi connectivity index (χ2n) is 8.17. The summed E-state index contributed by atoms with van der Waals surface area (Å²) < 4.78 is 49.8. The molecule has 0 saturated carbocycles. The van der Waals surface area contributed by atoms with Crippen molar-refractivity contribution in [1.29, 1.82) is 0 Å². The molecule has 1 aliphatic rings. The van der Waals surface area contributed by atoms with Gasteiger partial charge in [0.05, 0.1) is 25.0 Å². The summed E-state index contributed by atoms with van der Waals surface area (Å²) in [5, 5.41) is 23.5. The number of alkyl halides is 3. The molecule has 36 heavy (non-hydrogen) atoms. The van der Waals surface area contributed by atoms with E-state index >= 15 is 0 Å². The Balaban J connectivity index is 1.31. The third kappa shape index (κ3) is 5.90. The van der Waals surface area contributed by atoms with Crippen LogP contribution < -0.4 is 15.8 Å². The molecule has 2 aromatic carbocycles. The van der Waals surface area contributed by atoms with Gasteiger partial charge in [-0.15, -0.1) is 0 Å². The monoisotopic (exact) mass is 504 g/mol. The number of hydrogen-bond acceptors (Lipinski definition) is 8. The molecule has 0 aliphatic carbocycles.